The molecule has 1 unspecified atom stereocenters. The average molecular weight is 224 g/mol. The molecule has 0 aliphatic rings. The number of aliphatic hydroxyl groups is 1. The van der Waals surface area contributed by atoms with Crippen molar-refractivity contribution in [3.63, 3.8) is 0 Å². The van der Waals surface area contributed by atoms with Gasteiger partial charge in [-0.1, -0.05) is 0 Å². The molecular formula is C9H11F3OS. The molecule has 1 heterocycles. The van der Waals surface area contributed by atoms with Crippen molar-refractivity contribution in [3.8, 4) is 0 Å². The fourth-order valence-corrected chi connectivity index (χ4v) is 1.83. The van der Waals surface area contributed by atoms with Crippen LogP contribution in [0.4, 0.5) is 13.2 Å². The van der Waals surface area contributed by atoms with Gasteiger partial charge in [0.1, 0.15) is 0 Å². The van der Waals surface area contributed by atoms with Crippen LogP contribution < -0.4 is 0 Å². The van der Waals surface area contributed by atoms with Crippen LogP contribution in [-0.4, -0.2) is 11.3 Å². The highest BCUT2D eigenvalue weighted by Gasteiger charge is 2.26. The van der Waals surface area contributed by atoms with Crippen LogP contribution in [-0.2, 0) is 0 Å². The van der Waals surface area contributed by atoms with Gasteiger partial charge >= 0.3 is 6.18 Å². The van der Waals surface area contributed by atoms with Gasteiger partial charge in [-0.05, 0) is 35.2 Å². The van der Waals surface area contributed by atoms with Crippen molar-refractivity contribution < 1.29 is 18.3 Å². The van der Waals surface area contributed by atoms with Crippen molar-refractivity contribution in [2.45, 2.75) is 31.5 Å². The van der Waals surface area contributed by atoms with E-state index in [1.54, 1.807) is 16.8 Å². The van der Waals surface area contributed by atoms with Crippen LogP contribution in [0.25, 0.3) is 0 Å². The summed E-state index contributed by atoms with van der Waals surface area (Å²) in [5, 5.41) is 13.0. The monoisotopic (exact) mass is 224 g/mol. The molecule has 1 nitrogen and oxygen atoms in total. The maximum absolute atomic E-state index is 11.8. The van der Waals surface area contributed by atoms with Gasteiger partial charge in [0.05, 0.1) is 6.10 Å². The summed E-state index contributed by atoms with van der Waals surface area (Å²) < 4.78 is 35.3. The summed E-state index contributed by atoms with van der Waals surface area (Å²) >= 11 is 1.42. The molecular weight excluding hydrogens is 213 g/mol. The summed E-state index contributed by atoms with van der Waals surface area (Å²) in [7, 11) is 0. The molecule has 0 saturated heterocycles. The second-order valence-corrected chi connectivity index (χ2v) is 3.86. The molecule has 0 aromatic carbocycles. The molecule has 5 heteroatoms. The molecule has 1 aromatic heterocycles. The highest BCUT2D eigenvalue weighted by Crippen LogP contribution is 2.26. The van der Waals surface area contributed by atoms with Crippen LogP contribution in [0, 0.1) is 0 Å². The Bertz CT molecular complexity index is 256. The predicted octanol–water partition coefficient (Wildman–Crippen LogP) is 3.51. The first-order valence-electron chi connectivity index (χ1n) is 4.26. The lowest BCUT2D eigenvalue weighted by molar-refractivity contribution is -0.136. The minimum atomic E-state index is -4.12. The van der Waals surface area contributed by atoms with Crippen LogP contribution in [0.2, 0.25) is 0 Å². The zero-order valence-corrected chi connectivity index (χ0v) is 8.24. The summed E-state index contributed by atoms with van der Waals surface area (Å²) in [6, 6.07) is 1.73. The average Bonchev–Trinajstić information content (AvgIpc) is 2.53. The number of alkyl halides is 3. The normalized spacial score (nSPS) is 14.3. The number of halogens is 3. The van der Waals surface area contributed by atoms with Gasteiger partial charge in [-0.3, -0.25) is 0 Å². The van der Waals surface area contributed by atoms with Crippen LogP contribution in [0.1, 0.15) is 30.9 Å². The Morgan fingerprint density at radius 2 is 2.14 bits per heavy atom. The number of thiophene rings is 1. The highest BCUT2D eigenvalue weighted by atomic mass is 32.1. The van der Waals surface area contributed by atoms with E-state index in [1.165, 1.54) is 11.3 Å². The zero-order chi connectivity index (χ0) is 10.6. The topological polar surface area (TPSA) is 20.2 Å². The summed E-state index contributed by atoms with van der Waals surface area (Å²) in [5.74, 6) is 0. The minimum absolute atomic E-state index is 0.0273. The van der Waals surface area contributed by atoms with Gasteiger partial charge in [0.2, 0.25) is 0 Å². The third-order valence-corrected chi connectivity index (χ3v) is 2.57. The lowest BCUT2D eigenvalue weighted by atomic mass is 10.1. The van der Waals surface area contributed by atoms with Gasteiger partial charge in [-0.25, -0.2) is 0 Å². The van der Waals surface area contributed by atoms with E-state index in [0.717, 1.165) is 0 Å². The molecule has 80 valence electrons. The smallest absolute Gasteiger partial charge is 0.388 e. The Kier molecular flexibility index (Phi) is 3.95. The largest absolute Gasteiger partial charge is 0.389 e. The molecule has 0 aliphatic heterocycles. The second kappa shape index (κ2) is 4.79. The summed E-state index contributed by atoms with van der Waals surface area (Å²) in [6.07, 6.45) is -5.57. The Labute approximate surface area is 84.2 Å². The standard InChI is InChI=1S/C9H11F3OS/c10-9(11,12)4-1-2-8(13)7-3-5-14-6-7/h3,5-6,8,13H,1-2,4H2. The van der Waals surface area contributed by atoms with Crippen LogP contribution in [0.5, 0.6) is 0 Å². The van der Waals surface area contributed by atoms with E-state index >= 15 is 0 Å². The molecule has 1 N–H and O–H groups in total. The predicted molar refractivity (Wildman–Crippen MR) is 49.2 cm³/mol. The van der Waals surface area contributed by atoms with Gasteiger partial charge in [-0.15, -0.1) is 0 Å². The maximum Gasteiger partial charge on any atom is 0.389 e. The van der Waals surface area contributed by atoms with E-state index in [4.69, 9.17) is 0 Å². The fourth-order valence-electron chi connectivity index (χ4n) is 1.13. The maximum atomic E-state index is 11.8. The van der Waals surface area contributed by atoms with Gasteiger partial charge < -0.3 is 5.11 Å². The van der Waals surface area contributed by atoms with Crippen molar-refractivity contribution in [1.29, 1.82) is 0 Å². The third-order valence-electron chi connectivity index (χ3n) is 1.87. The summed E-state index contributed by atoms with van der Waals surface area (Å²) in [5.41, 5.74) is 0.706. The molecule has 0 aliphatic carbocycles. The van der Waals surface area contributed by atoms with Gasteiger partial charge in [0.25, 0.3) is 0 Å². The lowest BCUT2D eigenvalue weighted by Gasteiger charge is -2.09. The first-order chi connectivity index (χ1) is 6.49. The number of aliphatic hydroxyl groups excluding tert-OH is 1. The van der Waals surface area contributed by atoms with Crippen molar-refractivity contribution in [3.05, 3.63) is 22.4 Å². The van der Waals surface area contributed by atoms with Crippen molar-refractivity contribution in [2.75, 3.05) is 0 Å². The Hall–Kier alpha value is -0.550. The van der Waals surface area contributed by atoms with Gasteiger partial charge in [-0.2, -0.15) is 24.5 Å². The number of hydrogen-bond donors (Lipinski definition) is 1. The molecule has 14 heavy (non-hydrogen) atoms. The van der Waals surface area contributed by atoms with E-state index in [1.807, 2.05) is 0 Å². The van der Waals surface area contributed by atoms with E-state index in [-0.39, 0.29) is 12.8 Å². The van der Waals surface area contributed by atoms with Gasteiger partial charge in [0, 0.05) is 6.42 Å². The Balaban J connectivity index is 2.26. The first-order valence-corrected chi connectivity index (χ1v) is 5.20. The van der Waals surface area contributed by atoms with Crippen LogP contribution in [0.3, 0.4) is 0 Å². The molecule has 0 fully saturated rings. The highest BCUT2D eigenvalue weighted by molar-refractivity contribution is 7.07. The number of hydrogen-bond acceptors (Lipinski definition) is 2. The molecule has 1 rings (SSSR count). The molecule has 0 radical (unpaired) electrons. The molecule has 0 bridgehead atoms. The van der Waals surface area contributed by atoms with Crippen molar-refractivity contribution >= 4 is 11.3 Å². The molecule has 0 saturated carbocycles. The third kappa shape index (κ3) is 4.11. The molecule has 1 aromatic rings. The first kappa shape index (κ1) is 11.5. The van der Waals surface area contributed by atoms with E-state index in [2.05, 4.69) is 0 Å². The van der Waals surface area contributed by atoms with Crippen LogP contribution in [0.15, 0.2) is 16.8 Å². The van der Waals surface area contributed by atoms with E-state index < -0.39 is 18.7 Å². The quantitative estimate of drug-likeness (QED) is 0.829. The van der Waals surface area contributed by atoms with E-state index in [0.29, 0.717) is 5.56 Å². The Morgan fingerprint density at radius 1 is 1.43 bits per heavy atom. The molecule has 0 amide bonds. The minimum Gasteiger partial charge on any atom is -0.388 e. The summed E-state index contributed by atoms with van der Waals surface area (Å²) in [6.45, 7) is 0. The van der Waals surface area contributed by atoms with Crippen molar-refractivity contribution in [2.24, 2.45) is 0 Å². The Morgan fingerprint density at radius 3 is 2.64 bits per heavy atom. The summed E-state index contributed by atoms with van der Waals surface area (Å²) in [4.78, 5) is 0. The number of rotatable bonds is 4. The van der Waals surface area contributed by atoms with Crippen LogP contribution >= 0.6 is 11.3 Å². The second-order valence-electron chi connectivity index (χ2n) is 3.08. The van der Waals surface area contributed by atoms with E-state index in [9.17, 15) is 18.3 Å². The van der Waals surface area contributed by atoms with Gasteiger partial charge in [0.15, 0.2) is 0 Å². The fraction of sp³-hybridized carbons (Fsp3) is 0.556. The van der Waals surface area contributed by atoms with Crippen molar-refractivity contribution in [1.82, 2.24) is 0 Å². The lowest BCUT2D eigenvalue weighted by Crippen LogP contribution is -2.07. The zero-order valence-electron chi connectivity index (χ0n) is 7.42. The SMILES string of the molecule is OC(CCCC(F)(F)F)c1ccsc1. The molecule has 0 spiro atoms. The molecule has 1 atom stereocenters.